The van der Waals surface area contributed by atoms with Gasteiger partial charge in [0.1, 0.15) is 5.82 Å². The fourth-order valence-corrected chi connectivity index (χ4v) is 3.59. The first-order chi connectivity index (χ1) is 9.03. The van der Waals surface area contributed by atoms with E-state index >= 15 is 0 Å². The van der Waals surface area contributed by atoms with Crippen LogP contribution in [0.15, 0.2) is 18.3 Å². The Labute approximate surface area is 114 Å². The first-order valence-corrected chi connectivity index (χ1v) is 8.43. The summed E-state index contributed by atoms with van der Waals surface area (Å²) in [6, 6.07) is 4.16. The van der Waals surface area contributed by atoms with E-state index in [2.05, 4.69) is 22.1 Å². The Hall–Kier alpha value is -1.14. The van der Waals surface area contributed by atoms with Crippen LogP contribution in [0.2, 0.25) is 0 Å². The Morgan fingerprint density at radius 2 is 2.16 bits per heavy atom. The van der Waals surface area contributed by atoms with Gasteiger partial charge in [0, 0.05) is 30.9 Å². The Morgan fingerprint density at radius 3 is 2.89 bits per heavy atom. The first-order valence-electron chi connectivity index (χ1n) is 6.61. The van der Waals surface area contributed by atoms with Crippen LogP contribution in [0.25, 0.3) is 0 Å². The summed E-state index contributed by atoms with van der Waals surface area (Å²) in [7, 11) is -0.973. The number of nitrogens with zero attached hydrogens (tertiary/aromatic N) is 2. The van der Waals surface area contributed by atoms with E-state index in [9.17, 15) is 8.42 Å². The summed E-state index contributed by atoms with van der Waals surface area (Å²) in [6.45, 7) is 3.36. The van der Waals surface area contributed by atoms with Crippen LogP contribution in [0.1, 0.15) is 24.9 Å². The van der Waals surface area contributed by atoms with Crippen molar-refractivity contribution in [1.29, 1.82) is 0 Å². The molecule has 19 heavy (non-hydrogen) atoms. The maximum atomic E-state index is 11.7. The van der Waals surface area contributed by atoms with E-state index in [0.29, 0.717) is 13.0 Å². The van der Waals surface area contributed by atoms with Crippen LogP contribution in [0.5, 0.6) is 0 Å². The van der Waals surface area contributed by atoms with Crippen LogP contribution in [-0.4, -0.2) is 45.0 Å². The van der Waals surface area contributed by atoms with Gasteiger partial charge < -0.3 is 10.2 Å². The van der Waals surface area contributed by atoms with Crippen molar-refractivity contribution in [3.05, 3.63) is 23.9 Å². The van der Waals surface area contributed by atoms with Gasteiger partial charge in [0.05, 0.1) is 11.5 Å². The summed E-state index contributed by atoms with van der Waals surface area (Å²) in [5, 5.41) is 3.21. The van der Waals surface area contributed by atoms with Crippen LogP contribution < -0.4 is 10.2 Å². The van der Waals surface area contributed by atoms with Crippen molar-refractivity contribution in [3.8, 4) is 0 Å². The SMILES string of the molecule is CNC(C)c1cccnc1N1CCCS(=O)(=O)CC1. The maximum absolute atomic E-state index is 11.7. The number of sulfone groups is 1. The van der Waals surface area contributed by atoms with Crippen molar-refractivity contribution in [3.63, 3.8) is 0 Å². The molecule has 1 saturated heterocycles. The molecule has 1 aromatic rings. The summed E-state index contributed by atoms with van der Waals surface area (Å²) in [6.07, 6.45) is 2.44. The predicted octanol–water partition coefficient (Wildman–Crippen LogP) is 0.987. The standard InChI is InChI=1S/C13H21N3O2S/c1-11(14-2)12-5-3-6-15-13(12)16-7-4-9-19(17,18)10-8-16/h3,5-6,11,14H,4,7-10H2,1-2H3. The van der Waals surface area contributed by atoms with Crippen molar-refractivity contribution in [2.75, 3.05) is 36.5 Å². The molecule has 1 aromatic heterocycles. The van der Waals surface area contributed by atoms with E-state index in [-0.39, 0.29) is 17.5 Å². The van der Waals surface area contributed by atoms with Crippen molar-refractivity contribution in [2.45, 2.75) is 19.4 Å². The molecule has 0 bridgehead atoms. The molecule has 0 aromatic carbocycles. The lowest BCUT2D eigenvalue weighted by atomic mass is 10.1. The lowest BCUT2D eigenvalue weighted by Crippen LogP contribution is -2.29. The van der Waals surface area contributed by atoms with Crippen LogP contribution in [0.4, 0.5) is 5.82 Å². The first kappa shape index (κ1) is 14.3. The lowest BCUT2D eigenvalue weighted by molar-refractivity contribution is 0.597. The third-order valence-electron chi connectivity index (χ3n) is 3.57. The van der Waals surface area contributed by atoms with Gasteiger partial charge in [-0.3, -0.25) is 0 Å². The average Bonchev–Trinajstić information content (AvgIpc) is 2.59. The van der Waals surface area contributed by atoms with Gasteiger partial charge in [-0.25, -0.2) is 13.4 Å². The molecule has 0 radical (unpaired) electrons. The molecule has 1 fully saturated rings. The van der Waals surface area contributed by atoms with Crippen LogP contribution in [0.3, 0.4) is 0 Å². The molecule has 0 amide bonds. The minimum absolute atomic E-state index is 0.198. The summed E-state index contributed by atoms with van der Waals surface area (Å²) in [5.74, 6) is 1.41. The fraction of sp³-hybridized carbons (Fsp3) is 0.615. The Balaban J connectivity index is 2.26. The normalized spacial score (nSPS) is 20.8. The van der Waals surface area contributed by atoms with E-state index in [1.165, 1.54) is 0 Å². The van der Waals surface area contributed by atoms with E-state index in [0.717, 1.165) is 17.9 Å². The second kappa shape index (κ2) is 5.88. The zero-order chi connectivity index (χ0) is 13.9. The molecule has 2 heterocycles. The van der Waals surface area contributed by atoms with Crippen LogP contribution >= 0.6 is 0 Å². The summed E-state index contributed by atoms with van der Waals surface area (Å²) >= 11 is 0. The number of hydrogen-bond donors (Lipinski definition) is 1. The predicted molar refractivity (Wildman–Crippen MR) is 77.2 cm³/mol. The second-order valence-corrected chi connectivity index (χ2v) is 7.22. The number of anilines is 1. The third kappa shape index (κ3) is 3.45. The highest BCUT2D eigenvalue weighted by Crippen LogP contribution is 2.24. The fourth-order valence-electron chi connectivity index (χ4n) is 2.32. The molecular weight excluding hydrogens is 262 g/mol. The highest BCUT2D eigenvalue weighted by molar-refractivity contribution is 7.91. The highest BCUT2D eigenvalue weighted by Gasteiger charge is 2.22. The summed E-state index contributed by atoms with van der Waals surface area (Å²) < 4.78 is 23.3. The van der Waals surface area contributed by atoms with Crippen molar-refractivity contribution in [2.24, 2.45) is 0 Å². The quantitative estimate of drug-likeness (QED) is 0.896. The number of pyridine rings is 1. The number of hydrogen-bond acceptors (Lipinski definition) is 5. The molecule has 0 aliphatic carbocycles. The maximum Gasteiger partial charge on any atom is 0.152 e. The lowest BCUT2D eigenvalue weighted by Gasteiger charge is -2.25. The second-order valence-electron chi connectivity index (χ2n) is 4.92. The molecule has 2 rings (SSSR count). The van der Waals surface area contributed by atoms with E-state index in [1.54, 1.807) is 6.20 Å². The Morgan fingerprint density at radius 1 is 1.37 bits per heavy atom. The molecular formula is C13H21N3O2S. The molecule has 6 heteroatoms. The Bertz CT molecular complexity index is 530. The molecule has 1 atom stereocenters. The number of nitrogens with one attached hydrogen (secondary N) is 1. The smallest absolute Gasteiger partial charge is 0.152 e. The van der Waals surface area contributed by atoms with Crippen molar-refractivity contribution in [1.82, 2.24) is 10.3 Å². The van der Waals surface area contributed by atoms with E-state index in [1.807, 2.05) is 19.2 Å². The molecule has 5 nitrogen and oxygen atoms in total. The monoisotopic (exact) mass is 283 g/mol. The van der Waals surface area contributed by atoms with E-state index in [4.69, 9.17) is 0 Å². The number of rotatable bonds is 3. The third-order valence-corrected chi connectivity index (χ3v) is 5.29. The van der Waals surface area contributed by atoms with E-state index < -0.39 is 9.84 Å². The van der Waals surface area contributed by atoms with Crippen LogP contribution in [0, 0.1) is 0 Å². The summed E-state index contributed by atoms with van der Waals surface area (Å²) in [5.41, 5.74) is 1.12. The molecule has 0 spiro atoms. The zero-order valence-electron chi connectivity index (χ0n) is 11.5. The van der Waals surface area contributed by atoms with Gasteiger partial charge in [-0.2, -0.15) is 0 Å². The molecule has 0 saturated carbocycles. The zero-order valence-corrected chi connectivity index (χ0v) is 12.3. The number of aromatic nitrogens is 1. The molecule has 1 unspecified atom stereocenters. The molecule has 1 aliphatic heterocycles. The highest BCUT2D eigenvalue weighted by atomic mass is 32.2. The van der Waals surface area contributed by atoms with Gasteiger partial charge in [0.15, 0.2) is 9.84 Å². The van der Waals surface area contributed by atoms with Gasteiger partial charge in [-0.15, -0.1) is 0 Å². The van der Waals surface area contributed by atoms with Crippen molar-refractivity contribution >= 4 is 15.7 Å². The van der Waals surface area contributed by atoms with Gasteiger partial charge in [-0.05, 0) is 26.5 Å². The van der Waals surface area contributed by atoms with Crippen LogP contribution in [-0.2, 0) is 9.84 Å². The average molecular weight is 283 g/mol. The summed E-state index contributed by atoms with van der Waals surface area (Å²) in [4.78, 5) is 6.54. The van der Waals surface area contributed by atoms with Gasteiger partial charge in [-0.1, -0.05) is 6.07 Å². The molecule has 106 valence electrons. The topological polar surface area (TPSA) is 62.3 Å². The van der Waals surface area contributed by atoms with Gasteiger partial charge >= 0.3 is 0 Å². The van der Waals surface area contributed by atoms with Gasteiger partial charge in [0.2, 0.25) is 0 Å². The Kier molecular flexibility index (Phi) is 4.42. The largest absolute Gasteiger partial charge is 0.355 e. The van der Waals surface area contributed by atoms with Gasteiger partial charge in [0.25, 0.3) is 0 Å². The molecule has 1 aliphatic rings. The minimum Gasteiger partial charge on any atom is -0.355 e. The van der Waals surface area contributed by atoms with Crippen molar-refractivity contribution < 1.29 is 8.42 Å². The minimum atomic E-state index is -2.88. The molecule has 1 N–H and O–H groups in total.